The van der Waals surface area contributed by atoms with Crippen molar-refractivity contribution in [3.63, 3.8) is 0 Å². The van der Waals surface area contributed by atoms with Crippen molar-refractivity contribution < 1.29 is 4.39 Å². The Morgan fingerprint density at radius 3 is 2.63 bits per heavy atom. The topological polar surface area (TPSA) is 51.8 Å². The molecular formula is C14H10FN3S. The maximum absolute atomic E-state index is 13.6. The van der Waals surface area contributed by atoms with Crippen LogP contribution in [0.15, 0.2) is 48.0 Å². The molecule has 2 N–H and O–H groups in total. The predicted octanol–water partition coefficient (Wildman–Crippen LogP) is 3.59. The molecule has 94 valence electrons. The second-order valence-corrected chi connectivity index (χ2v) is 4.85. The van der Waals surface area contributed by atoms with E-state index >= 15 is 0 Å². The fourth-order valence-electron chi connectivity index (χ4n) is 1.71. The average molecular weight is 271 g/mol. The van der Waals surface area contributed by atoms with Crippen molar-refractivity contribution in [2.45, 2.75) is 0 Å². The number of benzene rings is 1. The number of nitrogens with zero attached hydrogens (tertiary/aromatic N) is 2. The van der Waals surface area contributed by atoms with E-state index < -0.39 is 0 Å². The van der Waals surface area contributed by atoms with Crippen LogP contribution in [0.2, 0.25) is 0 Å². The van der Waals surface area contributed by atoms with Gasteiger partial charge in [0.15, 0.2) is 5.82 Å². The number of aromatic nitrogens is 2. The molecule has 0 atom stereocenters. The van der Waals surface area contributed by atoms with E-state index in [1.165, 1.54) is 17.4 Å². The molecular weight excluding hydrogens is 261 g/mol. The van der Waals surface area contributed by atoms with Crippen LogP contribution < -0.4 is 5.73 Å². The van der Waals surface area contributed by atoms with Gasteiger partial charge in [-0.3, -0.25) is 4.98 Å². The Hall–Kier alpha value is -2.27. The Labute approximate surface area is 113 Å². The zero-order valence-corrected chi connectivity index (χ0v) is 10.7. The lowest BCUT2D eigenvalue weighted by atomic mass is 10.1. The summed E-state index contributed by atoms with van der Waals surface area (Å²) in [5.74, 6) is -0.360. The Morgan fingerprint density at radius 1 is 1.11 bits per heavy atom. The van der Waals surface area contributed by atoms with E-state index in [-0.39, 0.29) is 11.5 Å². The molecule has 0 aliphatic rings. The number of anilines is 1. The molecule has 1 aromatic carbocycles. The van der Waals surface area contributed by atoms with Gasteiger partial charge in [-0.15, -0.1) is 11.3 Å². The van der Waals surface area contributed by atoms with Gasteiger partial charge in [-0.25, -0.2) is 9.37 Å². The minimum absolute atomic E-state index is 0.286. The van der Waals surface area contributed by atoms with Gasteiger partial charge in [0.25, 0.3) is 0 Å². The molecule has 2 aromatic heterocycles. The first-order chi connectivity index (χ1) is 9.24. The zero-order valence-electron chi connectivity index (χ0n) is 9.88. The number of pyridine rings is 1. The maximum Gasteiger partial charge on any atom is 0.151 e. The fraction of sp³-hybridized carbons (Fsp3) is 0. The van der Waals surface area contributed by atoms with Crippen LogP contribution >= 0.6 is 11.3 Å². The van der Waals surface area contributed by atoms with Crippen LogP contribution in [0.3, 0.4) is 0 Å². The second kappa shape index (κ2) is 4.78. The van der Waals surface area contributed by atoms with Crippen molar-refractivity contribution in [1.82, 2.24) is 9.97 Å². The molecule has 19 heavy (non-hydrogen) atoms. The van der Waals surface area contributed by atoms with Gasteiger partial charge in [0.05, 0.1) is 5.69 Å². The van der Waals surface area contributed by atoms with E-state index in [0.29, 0.717) is 10.7 Å². The average Bonchev–Trinajstić information content (AvgIpc) is 2.89. The summed E-state index contributed by atoms with van der Waals surface area (Å²) in [6.45, 7) is 0. The largest absolute Gasteiger partial charge is 0.399 e. The molecule has 0 bridgehead atoms. The summed E-state index contributed by atoms with van der Waals surface area (Å²) in [5, 5.41) is 2.46. The molecule has 0 unspecified atom stereocenters. The number of nitrogens with two attached hydrogens (primary N) is 1. The van der Waals surface area contributed by atoms with Crippen molar-refractivity contribution in [2.24, 2.45) is 0 Å². The molecule has 0 amide bonds. The fourth-order valence-corrected chi connectivity index (χ4v) is 2.54. The number of nitrogen functional groups attached to an aromatic ring is 1. The number of halogens is 1. The van der Waals surface area contributed by atoms with Crippen LogP contribution in [-0.2, 0) is 0 Å². The third kappa shape index (κ3) is 2.32. The summed E-state index contributed by atoms with van der Waals surface area (Å²) in [6, 6.07) is 10.4. The minimum atomic E-state index is -0.360. The molecule has 0 saturated carbocycles. The van der Waals surface area contributed by atoms with E-state index in [4.69, 9.17) is 5.73 Å². The Morgan fingerprint density at radius 2 is 1.89 bits per heavy atom. The molecule has 2 heterocycles. The highest BCUT2D eigenvalue weighted by Gasteiger charge is 2.11. The van der Waals surface area contributed by atoms with Crippen LogP contribution in [0.25, 0.3) is 22.0 Å². The Balaban J connectivity index is 2.00. The van der Waals surface area contributed by atoms with Crippen LogP contribution in [-0.4, -0.2) is 9.97 Å². The third-order valence-electron chi connectivity index (χ3n) is 2.67. The Bertz CT molecular complexity index is 707. The van der Waals surface area contributed by atoms with Crippen LogP contribution in [0.5, 0.6) is 0 Å². The van der Waals surface area contributed by atoms with E-state index in [9.17, 15) is 4.39 Å². The van der Waals surface area contributed by atoms with Gasteiger partial charge in [0, 0.05) is 22.8 Å². The standard InChI is InChI=1S/C14H10FN3S/c15-11-2-1-7-17-13(11)14-18-12(8-19-14)9-3-5-10(16)6-4-9/h1-8H,16H2. The number of thiazole rings is 1. The smallest absolute Gasteiger partial charge is 0.151 e. The minimum Gasteiger partial charge on any atom is -0.399 e. The van der Waals surface area contributed by atoms with Gasteiger partial charge < -0.3 is 5.73 Å². The highest BCUT2D eigenvalue weighted by Crippen LogP contribution is 2.29. The summed E-state index contributed by atoms with van der Waals surface area (Å²) < 4.78 is 13.6. The summed E-state index contributed by atoms with van der Waals surface area (Å²) in [5.41, 5.74) is 8.38. The monoisotopic (exact) mass is 271 g/mol. The lowest BCUT2D eigenvalue weighted by Crippen LogP contribution is -1.88. The number of hydrogen-bond donors (Lipinski definition) is 1. The van der Waals surface area contributed by atoms with Gasteiger partial charge in [0.1, 0.15) is 10.7 Å². The van der Waals surface area contributed by atoms with E-state index in [1.807, 2.05) is 29.6 Å². The molecule has 3 aromatic rings. The highest BCUT2D eigenvalue weighted by molar-refractivity contribution is 7.13. The van der Waals surface area contributed by atoms with Crippen molar-refractivity contribution in [3.05, 3.63) is 53.8 Å². The molecule has 0 radical (unpaired) electrons. The van der Waals surface area contributed by atoms with Crippen LogP contribution in [0, 0.1) is 5.82 Å². The van der Waals surface area contributed by atoms with Gasteiger partial charge in [-0.05, 0) is 24.3 Å². The first-order valence-electron chi connectivity index (χ1n) is 5.66. The maximum atomic E-state index is 13.6. The van der Waals surface area contributed by atoms with Crippen molar-refractivity contribution in [2.75, 3.05) is 5.73 Å². The molecule has 3 rings (SSSR count). The van der Waals surface area contributed by atoms with E-state index in [0.717, 1.165) is 11.3 Å². The van der Waals surface area contributed by atoms with Crippen LogP contribution in [0.1, 0.15) is 0 Å². The molecule has 0 saturated heterocycles. The number of rotatable bonds is 2. The quantitative estimate of drug-likeness (QED) is 0.725. The zero-order chi connectivity index (χ0) is 13.2. The lowest BCUT2D eigenvalue weighted by Gasteiger charge is -1.98. The Kier molecular flexibility index (Phi) is 2.97. The molecule has 3 nitrogen and oxygen atoms in total. The van der Waals surface area contributed by atoms with E-state index in [1.54, 1.807) is 12.3 Å². The number of hydrogen-bond acceptors (Lipinski definition) is 4. The normalized spacial score (nSPS) is 10.6. The summed E-state index contributed by atoms with van der Waals surface area (Å²) in [4.78, 5) is 8.44. The van der Waals surface area contributed by atoms with E-state index in [2.05, 4.69) is 9.97 Å². The van der Waals surface area contributed by atoms with Gasteiger partial charge in [-0.1, -0.05) is 12.1 Å². The van der Waals surface area contributed by atoms with Crippen molar-refractivity contribution >= 4 is 17.0 Å². The van der Waals surface area contributed by atoms with Crippen molar-refractivity contribution in [3.8, 4) is 22.0 Å². The van der Waals surface area contributed by atoms with Gasteiger partial charge >= 0.3 is 0 Å². The van der Waals surface area contributed by atoms with Crippen molar-refractivity contribution in [1.29, 1.82) is 0 Å². The predicted molar refractivity (Wildman–Crippen MR) is 75.2 cm³/mol. The first kappa shape index (κ1) is 11.8. The summed E-state index contributed by atoms with van der Waals surface area (Å²) in [6.07, 6.45) is 1.56. The first-order valence-corrected chi connectivity index (χ1v) is 6.54. The molecule has 0 aliphatic heterocycles. The lowest BCUT2D eigenvalue weighted by molar-refractivity contribution is 0.625. The summed E-state index contributed by atoms with van der Waals surface area (Å²) >= 11 is 1.37. The molecule has 0 spiro atoms. The highest BCUT2D eigenvalue weighted by atomic mass is 32.1. The molecule has 0 fully saturated rings. The van der Waals surface area contributed by atoms with Crippen LogP contribution in [0.4, 0.5) is 10.1 Å². The van der Waals surface area contributed by atoms with Gasteiger partial charge in [-0.2, -0.15) is 0 Å². The summed E-state index contributed by atoms with van der Waals surface area (Å²) in [7, 11) is 0. The SMILES string of the molecule is Nc1ccc(-c2csc(-c3ncccc3F)n2)cc1. The second-order valence-electron chi connectivity index (χ2n) is 3.99. The molecule has 0 aliphatic carbocycles. The third-order valence-corrected chi connectivity index (χ3v) is 3.52. The molecule has 5 heteroatoms. The van der Waals surface area contributed by atoms with Gasteiger partial charge in [0.2, 0.25) is 0 Å².